The molecule has 1 fully saturated rings. The van der Waals surface area contributed by atoms with E-state index in [1.807, 2.05) is 17.5 Å². The van der Waals surface area contributed by atoms with E-state index in [0.29, 0.717) is 19.5 Å². The lowest BCUT2D eigenvalue weighted by molar-refractivity contribution is -0.141. The first-order valence-corrected chi connectivity index (χ1v) is 6.28. The minimum absolute atomic E-state index is 0.109. The van der Waals surface area contributed by atoms with Crippen LogP contribution in [0.3, 0.4) is 0 Å². The third-order valence-electron chi connectivity index (χ3n) is 2.78. The molecule has 0 aliphatic carbocycles. The Hall–Kier alpha value is -1.62. The summed E-state index contributed by atoms with van der Waals surface area (Å²) in [6.45, 7) is 0.855. The average molecular weight is 251 g/mol. The van der Waals surface area contributed by atoms with Gasteiger partial charge in [-0.05, 0) is 23.9 Å². The molecule has 1 aromatic heterocycles. The van der Waals surface area contributed by atoms with E-state index in [9.17, 15) is 9.59 Å². The fraction of sp³-hybridized carbons (Fsp3) is 0.333. The zero-order valence-electron chi connectivity index (χ0n) is 9.20. The number of thiophene rings is 1. The zero-order valence-corrected chi connectivity index (χ0v) is 10.0. The Kier molecular flexibility index (Phi) is 3.58. The number of rotatable bonds is 3. The topological polar surface area (TPSA) is 57.6 Å². The van der Waals surface area contributed by atoms with Gasteiger partial charge in [-0.3, -0.25) is 9.59 Å². The highest BCUT2D eigenvalue weighted by molar-refractivity contribution is 7.10. The molecular formula is C12H13NO3S. The maximum absolute atomic E-state index is 11.8. The summed E-state index contributed by atoms with van der Waals surface area (Å²) in [5, 5.41) is 10.8. The molecule has 1 aliphatic rings. The molecule has 1 N–H and O–H groups in total. The van der Waals surface area contributed by atoms with Crippen molar-refractivity contribution in [2.45, 2.75) is 6.42 Å². The van der Waals surface area contributed by atoms with E-state index in [1.54, 1.807) is 22.3 Å². The van der Waals surface area contributed by atoms with E-state index in [0.717, 1.165) is 4.88 Å². The van der Waals surface area contributed by atoms with Crippen molar-refractivity contribution < 1.29 is 14.7 Å². The van der Waals surface area contributed by atoms with E-state index in [1.165, 1.54) is 6.08 Å². The van der Waals surface area contributed by atoms with Crippen molar-refractivity contribution in [2.24, 2.45) is 5.92 Å². The van der Waals surface area contributed by atoms with Gasteiger partial charge in [0.15, 0.2) is 0 Å². The number of hydrogen-bond donors (Lipinski definition) is 1. The molecule has 1 aromatic rings. The molecule has 90 valence electrons. The molecule has 1 aliphatic heterocycles. The summed E-state index contributed by atoms with van der Waals surface area (Å²) >= 11 is 1.56. The molecule has 1 unspecified atom stereocenters. The number of carboxylic acids is 1. The molecule has 2 rings (SSSR count). The van der Waals surface area contributed by atoms with Gasteiger partial charge in [0.2, 0.25) is 5.91 Å². The molecule has 0 bridgehead atoms. The van der Waals surface area contributed by atoms with Crippen LogP contribution in [-0.2, 0) is 9.59 Å². The molecular weight excluding hydrogens is 238 g/mol. The van der Waals surface area contributed by atoms with Gasteiger partial charge < -0.3 is 10.0 Å². The van der Waals surface area contributed by atoms with Gasteiger partial charge in [-0.1, -0.05) is 6.07 Å². The Morgan fingerprint density at radius 3 is 2.94 bits per heavy atom. The van der Waals surface area contributed by atoms with Crippen LogP contribution in [0.4, 0.5) is 0 Å². The van der Waals surface area contributed by atoms with Crippen molar-refractivity contribution in [1.82, 2.24) is 4.90 Å². The summed E-state index contributed by atoms with van der Waals surface area (Å²) in [6, 6.07) is 3.85. The zero-order chi connectivity index (χ0) is 12.3. The lowest BCUT2D eigenvalue weighted by atomic mass is 10.1. The Morgan fingerprint density at radius 1 is 1.53 bits per heavy atom. The molecule has 1 amide bonds. The predicted molar refractivity (Wildman–Crippen MR) is 65.7 cm³/mol. The van der Waals surface area contributed by atoms with Crippen molar-refractivity contribution >= 4 is 29.3 Å². The van der Waals surface area contributed by atoms with Gasteiger partial charge in [-0.25, -0.2) is 0 Å². The van der Waals surface area contributed by atoms with Gasteiger partial charge >= 0.3 is 5.97 Å². The van der Waals surface area contributed by atoms with Gasteiger partial charge in [-0.15, -0.1) is 11.3 Å². The molecule has 0 spiro atoms. The Labute approximate surface area is 103 Å². The first kappa shape index (κ1) is 11.9. The summed E-state index contributed by atoms with van der Waals surface area (Å²) in [4.78, 5) is 25.1. The molecule has 0 saturated carbocycles. The molecule has 5 heteroatoms. The first-order valence-electron chi connectivity index (χ1n) is 5.40. The van der Waals surface area contributed by atoms with Crippen LogP contribution >= 0.6 is 11.3 Å². The second-order valence-corrected chi connectivity index (χ2v) is 4.94. The molecule has 4 nitrogen and oxygen atoms in total. The number of carbonyl (C=O) groups excluding carboxylic acids is 1. The fourth-order valence-corrected chi connectivity index (χ4v) is 2.42. The highest BCUT2D eigenvalue weighted by atomic mass is 32.1. The smallest absolute Gasteiger partial charge is 0.308 e. The number of aliphatic carboxylic acids is 1. The van der Waals surface area contributed by atoms with Crippen LogP contribution < -0.4 is 0 Å². The number of nitrogens with zero attached hydrogens (tertiary/aromatic N) is 1. The lowest BCUT2D eigenvalue weighted by Crippen LogP contribution is -2.28. The average Bonchev–Trinajstić information content (AvgIpc) is 2.96. The van der Waals surface area contributed by atoms with Crippen LogP contribution in [0.5, 0.6) is 0 Å². The maximum Gasteiger partial charge on any atom is 0.308 e. The summed E-state index contributed by atoms with van der Waals surface area (Å²) in [6.07, 6.45) is 3.82. The van der Waals surface area contributed by atoms with Crippen LogP contribution in [0.1, 0.15) is 11.3 Å². The number of amides is 1. The van der Waals surface area contributed by atoms with Gasteiger partial charge in [0.25, 0.3) is 0 Å². The van der Waals surface area contributed by atoms with Gasteiger partial charge in [0.05, 0.1) is 5.92 Å². The van der Waals surface area contributed by atoms with E-state index in [-0.39, 0.29) is 5.91 Å². The van der Waals surface area contributed by atoms with E-state index >= 15 is 0 Å². The van der Waals surface area contributed by atoms with Crippen LogP contribution in [0, 0.1) is 5.92 Å². The second kappa shape index (κ2) is 5.14. The van der Waals surface area contributed by atoms with Crippen LogP contribution in [0.2, 0.25) is 0 Å². The van der Waals surface area contributed by atoms with Crippen LogP contribution in [0.25, 0.3) is 6.08 Å². The van der Waals surface area contributed by atoms with Crippen molar-refractivity contribution in [3.8, 4) is 0 Å². The first-order chi connectivity index (χ1) is 8.16. The quantitative estimate of drug-likeness (QED) is 0.832. The van der Waals surface area contributed by atoms with Crippen LogP contribution in [-0.4, -0.2) is 35.0 Å². The minimum Gasteiger partial charge on any atom is -0.481 e. The number of likely N-dealkylation sites (tertiary alicyclic amines) is 1. The molecule has 0 aromatic carbocycles. The van der Waals surface area contributed by atoms with Crippen LogP contribution in [0.15, 0.2) is 23.6 Å². The largest absolute Gasteiger partial charge is 0.481 e. The minimum atomic E-state index is -0.817. The summed E-state index contributed by atoms with van der Waals surface area (Å²) in [7, 11) is 0. The fourth-order valence-electron chi connectivity index (χ4n) is 1.81. The monoisotopic (exact) mass is 251 g/mol. The number of hydrogen-bond acceptors (Lipinski definition) is 3. The third kappa shape index (κ3) is 2.94. The molecule has 0 radical (unpaired) electrons. The highest BCUT2D eigenvalue weighted by Crippen LogP contribution is 2.17. The summed E-state index contributed by atoms with van der Waals surface area (Å²) in [5.41, 5.74) is 0. The number of carbonyl (C=O) groups is 2. The SMILES string of the molecule is O=C(O)C1CCN(C(=O)/C=C/c2cccs2)C1. The lowest BCUT2D eigenvalue weighted by Gasteiger charge is -2.12. The van der Waals surface area contributed by atoms with Crippen molar-refractivity contribution in [3.05, 3.63) is 28.5 Å². The molecule has 17 heavy (non-hydrogen) atoms. The Bertz CT molecular complexity index is 439. The second-order valence-electron chi connectivity index (χ2n) is 3.96. The van der Waals surface area contributed by atoms with E-state index < -0.39 is 11.9 Å². The van der Waals surface area contributed by atoms with Crippen molar-refractivity contribution in [3.63, 3.8) is 0 Å². The predicted octanol–water partition coefficient (Wildman–Crippen LogP) is 1.69. The third-order valence-corrected chi connectivity index (χ3v) is 3.62. The van der Waals surface area contributed by atoms with Gasteiger partial charge in [-0.2, -0.15) is 0 Å². The summed E-state index contributed by atoms with van der Waals surface area (Å²) in [5.74, 6) is -1.33. The van der Waals surface area contributed by atoms with Gasteiger partial charge in [0, 0.05) is 24.0 Å². The van der Waals surface area contributed by atoms with Gasteiger partial charge in [0.1, 0.15) is 0 Å². The number of carboxylic acid groups (broad SMARTS) is 1. The standard InChI is InChI=1S/C12H13NO3S/c14-11(4-3-10-2-1-7-17-10)13-6-5-9(8-13)12(15)16/h1-4,7,9H,5-6,8H2,(H,15,16)/b4-3+. The van der Waals surface area contributed by atoms with E-state index in [2.05, 4.69) is 0 Å². The molecule has 1 atom stereocenters. The molecule has 1 saturated heterocycles. The normalized spacial score (nSPS) is 20.0. The summed E-state index contributed by atoms with van der Waals surface area (Å²) < 4.78 is 0. The highest BCUT2D eigenvalue weighted by Gasteiger charge is 2.29. The molecule has 2 heterocycles. The Balaban J connectivity index is 1.91. The Morgan fingerprint density at radius 2 is 2.35 bits per heavy atom. The van der Waals surface area contributed by atoms with Crippen molar-refractivity contribution in [1.29, 1.82) is 0 Å². The van der Waals surface area contributed by atoms with Crippen molar-refractivity contribution in [2.75, 3.05) is 13.1 Å². The maximum atomic E-state index is 11.8. The van der Waals surface area contributed by atoms with E-state index in [4.69, 9.17) is 5.11 Å².